The minimum atomic E-state index is 1.02. The highest BCUT2D eigenvalue weighted by atomic mass is 15.1. The molecule has 0 N–H and O–H groups in total. The Morgan fingerprint density at radius 1 is 1.25 bits per heavy atom. The minimum Gasteiger partial charge on any atom is -0.373 e. The van der Waals surface area contributed by atoms with Crippen LogP contribution < -0.4 is 0 Å². The molecule has 0 heterocycles. The Morgan fingerprint density at radius 2 is 1.83 bits per heavy atom. The van der Waals surface area contributed by atoms with Gasteiger partial charge in [0.1, 0.15) is 0 Å². The Bertz CT molecular complexity index is 173. The molecule has 0 fully saturated rings. The van der Waals surface area contributed by atoms with Crippen LogP contribution in [0.2, 0.25) is 0 Å². The van der Waals surface area contributed by atoms with Gasteiger partial charge >= 0.3 is 0 Å². The van der Waals surface area contributed by atoms with E-state index in [1.54, 1.807) is 0 Å². The Hall–Kier alpha value is -0.980. The fourth-order valence-electron chi connectivity index (χ4n) is 1.01. The van der Waals surface area contributed by atoms with E-state index in [0.29, 0.717) is 0 Å². The molecule has 0 spiro atoms. The van der Waals surface area contributed by atoms with Crippen molar-refractivity contribution in [3.8, 4) is 0 Å². The van der Waals surface area contributed by atoms with Crippen LogP contribution in [0.5, 0.6) is 0 Å². The molecule has 0 saturated carbocycles. The van der Waals surface area contributed by atoms with Gasteiger partial charge in [-0.05, 0) is 26.8 Å². The van der Waals surface area contributed by atoms with Gasteiger partial charge < -0.3 is 4.90 Å². The SMILES string of the molecule is C=C(/C=C\C=C/C)N(CC)CC. The molecule has 12 heavy (non-hydrogen) atoms. The van der Waals surface area contributed by atoms with Crippen LogP contribution in [-0.2, 0) is 0 Å². The molecule has 0 bridgehead atoms. The number of rotatable bonds is 5. The van der Waals surface area contributed by atoms with Crippen LogP contribution in [0.15, 0.2) is 36.6 Å². The summed E-state index contributed by atoms with van der Waals surface area (Å²) in [6.45, 7) is 12.3. The lowest BCUT2D eigenvalue weighted by molar-refractivity contribution is 0.396. The van der Waals surface area contributed by atoms with E-state index >= 15 is 0 Å². The third-order valence-corrected chi connectivity index (χ3v) is 1.76. The average Bonchev–Trinajstić information content (AvgIpc) is 2.07. The zero-order chi connectivity index (χ0) is 9.40. The van der Waals surface area contributed by atoms with Crippen LogP contribution >= 0.6 is 0 Å². The minimum absolute atomic E-state index is 1.02. The van der Waals surface area contributed by atoms with Crippen molar-refractivity contribution in [3.63, 3.8) is 0 Å². The molecule has 0 aliphatic carbocycles. The van der Waals surface area contributed by atoms with Gasteiger partial charge in [-0.1, -0.05) is 24.8 Å². The van der Waals surface area contributed by atoms with Crippen LogP contribution in [0.4, 0.5) is 0 Å². The smallest absolute Gasteiger partial charge is 0.0292 e. The quantitative estimate of drug-likeness (QED) is 0.566. The molecule has 0 unspecified atom stereocenters. The molecule has 0 saturated heterocycles. The summed E-state index contributed by atoms with van der Waals surface area (Å²) < 4.78 is 0. The highest BCUT2D eigenvalue weighted by Gasteiger charge is 1.96. The zero-order valence-corrected chi connectivity index (χ0v) is 8.38. The van der Waals surface area contributed by atoms with Gasteiger partial charge in [0.15, 0.2) is 0 Å². The van der Waals surface area contributed by atoms with Crippen molar-refractivity contribution in [2.24, 2.45) is 0 Å². The lowest BCUT2D eigenvalue weighted by Crippen LogP contribution is -2.20. The molecule has 0 radical (unpaired) electrons. The maximum atomic E-state index is 3.97. The van der Waals surface area contributed by atoms with E-state index in [4.69, 9.17) is 0 Å². The van der Waals surface area contributed by atoms with E-state index in [9.17, 15) is 0 Å². The summed E-state index contributed by atoms with van der Waals surface area (Å²) in [4.78, 5) is 2.22. The van der Waals surface area contributed by atoms with E-state index < -0.39 is 0 Å². The summed E-state index contributed by atoms with van der Waals surface area (Å²) in [6, 6.07) is 0. The number of likely N-dealkylation sites (N-methyl/N-ethyl adjacent to an activating group) is 1. The third-order valence-electron chi connectivity index (χ3n) is 1.76. The van der Waals surface area contributed by atoms with Gasteiger partial charge in [-0.15, -0.1) is 0 Å². The van der Waals surface area contributed by atoms with E-state index in [0.717, 1.165) is 18.8 Å². The highest BCUT2D eigenvalue weighted by molar-refractivity contribution is 5.17. The van der Waals surface area contributed by atoms with E-state index in [1.807, 2.05) is 31.2 Å². The molecule has 0 rings (SSSR count). The van der Waals surface area contributed by atoms with Gasteiger partial charge in [-0.3, -0.25) is 0 Å². The molecule has 1 nitrogen and oxygen atoms in total. The summed E-state index contributed by atoms with van der Waals surface area (Å²) in [5, 5.41) is 0. The Balaban J connectivity index is 4.00. The normalized spacial score (nSPS) is 11.2. The first-order chi connectivity index (χ1) is 5.76. The summed E-state index contributed by atoms with van der Waals surface area (Å²) >= 11 is 0. The summed E-state index contributed by atoms with van der Waals surface area (Å²) in [7, 11) is 0. The molecule has 0 amide bonds. The third kappa shape index (κ3) is 4.02. The standard InChI is InChI=1S/C11H19N/c1-5-8-9-10-11(4)12(6-2)7-3/h5,8-10H,4,6-7H2,1-3H3/b8-5-,10-9-. The Kier molecular flexibility index (Phi) is 6.16. The topological polar surface area (TPSA) is 3.24 Å². The first kappa shape index (κ1) is 11.0. The summed E-state index contributed by atoms with van der Waals surface area (Å²) in [6.07, 6.45) is 8.06. The largest absolute Gasteiger partial charge is 0.373 e. The van der Waals surface area contributed by atoms with Crippen molar-refractivity contribution >= 4 is 0 Å². The molecule has 68 valence electrons. The van der Waals surface area contributed by atoms with Crippen molar-refractivity contribution in [1.82, 2.24) is 4.90 Å². The number of nitrogens with zero attached hydrogens (tertiary/aromatic N) is 1. The molecule has 1 heteroatoms. The Labute approximate surface area is 76.1 Å². The monoisotopic (exact) mass is 165 g/mol. The zero-order valence-electron chi connectivity index (χ0n) is 8.38. The fraction of sp³-hybridized carbons (Fsp3) is 0.455. The first-order valence-corrected chi connectivity index (χ1v) is 4.49. The van der Waals surface area contributed by atoms with Crippen molar-refractivity contribution in [2.75, 3.05) is 13.1 Å². The molecule has 0 aromatic carbocycles. The molecule has 0 aliphatic heterocycles. The van der Waals surface area contributed by atoms with E-state index in [2.05, 4.69) is 25.3 Å². The van der Waals surface area contributed by atoms with Gasteiger partial charge in [-0.25, -0.2) is 0 Å². The van der Waals surface area contributed by atoms with Crippen molar-refractivity contribution in [2.45, 2.75) is 20.8 Å². The van der Waals surface area contributed by atoms with Crippen LogP contribution in [0.25, 0.3) is 0 Å². The maximum Gasteiger partial charge on any atom is 0.0292 e. The molecule has 0 aromatic heterocycles. The second-order valence-electron chi connectivity index (χ2n) is 2.55. The molecular weight excluding hydrogens is 146 g/mol. The molecular formula is C11H19N. The van der Waals surface area contributed by atoms with Gasteiger partial charge in [0.25, 0.3) is 0 Å². The molecule has 0 aliphatic rings. The molecule has 0 atom stereocenters. The lowest BCUT2D eigenvalue weighted by Gasteiger charge is -2.20. The van der Waals surface area contributed by atoms with Crippen LogP contribution in [-0.4, -0.2) is 18.0 Å². The molecule has 0 aromatic rings. The summed E-state index contributed by atoms with van der Waals surface area (Å²) in [5.74, 6) is 0. The van der Waals surface area contributed by atoms with Crippen LogP contribution in [0.1, 0.15) is 20.8 Å². The first-order valence-electron chi connectivity index (χ1n) is 4.49. The second-order valence-corrected chi connectivity index (χ2v) is 2.55. The van der Waals surface area contributed by atoms with Crippen molar-refractivity contribution in [3.05, 3.63) is 36.6 Å². The van der Waals surface area contributed by atoms with Crippen molar-refractivity contribution < 1.29 is 0 Å². The second kappa shape index (κ2) is 6.71. The van der Waals surface area contributed by atoms with Gasteiger partial charge in [0.05, 0.1) is 0 Å². The van der Waals surface area contributed by atoms with Gasteiger partial charge in [-0.2, -0.15) is 0 Å². The average molecular weight is 165 g/mol. The highest BCUT2D eigenvalue weighted by Crippen LogP contribution is 2.01. The number of hydrogen-bond acceptors (Lipinski definition) is 1. The van der Waals surface area contributed by atoms with Crippen molar-refractivity contribution in [1.29, 1.82) is 0 Å². The summed E-state index contributed by atoms with van der Waals surface area (Å²) in [5.41, 5.74) is 1.08. The fourth-order valence-corrected chi connectivity index (χ4v) is 1.01. The van der Waals surface area contributed by atoms with Gasteiger partial charge in [0.2, 0.25) is 0 Å². The van der Waals surface area contributed by atoms with Crippen LogP contribution in [0, 0.1) is 0 Å². The van der Waals surface area contributed by atoms with E-state index in [-0.39, 0.29) is 0 Å². The Morgan fingerprint density at radius 3 is 2.25 bits per heavy atom. The lowest BCUT2D eigenvalue weighted by atomic mass is 10.3. The maximum absolute atomic E-state index is 3.97. The number of hydrogen-bond donors (Lipinski definition) is 0. The van der Waals surface area contributed by atoms with Crippen LogP contribution in [0.3, 0.4) is 0 Å². The number of allylic oxidation sites excluding steroid dienone is 4. The van der Waals surface area contributed by atoms with Gasteiger partial charge in [0, 0.05) is 18.8 Å². The predicted octanol–water partition coefficient (Wildman–Crippen LogP) is 2.97. The predicted molar refractivity (Wildman–Crippen MR) is 56.0 cm³/mol. The van der Waals surface area contributed by atoms with E-state index in [1.165, 1.54) is 0 Å².